The van der Waals surface area contributed by atoms with Gasteiger partial charge in [0.05, 0.1) is 0 Å². The van der Waals surface area contributed by atoms with E-state index in [1.54, 1.807) is 0 Å². The SMILES string of the molecule is NCCc1cnc(C(F)(F)F)s1. The van der Waals surface area contributed by atoms with Crippen LogP contribution in [0.3, 0.4) is 0 Å². The van der Waals surface area contributed by atoms with Crippen LogP contribution in [0.5, 0.6) is 0 Å². The van der Waals surface area contributed by atoms with Gasteiger partial charge in [0.2, 0.25) is 0 Å². The third-order valence-electron chi connectivity index (χ3n) is 1.19. The van der Waals surface area contributed by atoms with Crippen LogP contribution in [0.1, 0.15) is 9.88 Å². The van der Waals surface area contributed by atoms with Crippen LogP contribution in [-0.2, 0) is 12.6 Å². The number of alkyl halides is 3. The van der Waals surface area contributed by atoms with Crippen molar-refractivity contribution < 1.29 is 13.2 Å². The van der Waals surface area contributed by atoms with Crippen LogP contribution in [-0.4, -0.2) is 11.5 Å². The molecule has 0 saturated heterocycles. The molecule has 6 heteroatoms. The van der Waals surface area contributed by atoms with E-state index in [2.05, 4.69) is 4.98 Å². The second kappa shape index (κ2) is 3.40. The average Bonchev–Trinajstić information content (AvgIpc) is 2.35. The number of aromatic nitrogens is 1. The molecule has 2 nitrogen and oxygen atoms in total. The molecule has 0 amide bonds. The molecule has 2 N–H and O–H groups in total. The van der Waals surface area contributed by atoms with Crippen LogP contribution in [0.15, 0.2) is 6.20 Å². The van der Waals surface area contributed by atoms with Gasteiger partial charge < -0.3 is 5.73 Å². The number of nitrogens with two attached hydrogens (primary N) is 1. The van der Waals surface area contributed by atoms with E-state index >= 15 is 0 Å². The van der Waals surface area contributed by atoms with Gasteiger partial charge in [-0.05, 0) is 13.0 Å². The monoisotopic (exact) mass is 196 g/mol. The van der Waals surface area contributed by atoms with E-state index in [9.17, 15) is 13.2 Å². The Kier molecular flexibility index (Phi) is 2.69. The lowest BCUT2D eigenvalue weighted by Gasteiger charge is -1.98. The highest BCUT2D eigenvalue weighted by Crippen LogP contribution is 2.32. The molecule has 1 rings (SSSR count). The Balaban J connectivity index is 2.77. The highest BCUT2D eigenvalue weighted by molar-refractivity contribution is 7.11. The summed E-state index contributed by atoms with van der Waals surface area (Å²) in [7, 11) is 0. The minimum atomic E-state index is -4.32. The number of thiazole rings is 1. The second-order valence-corrected chi connectivity index (χ2v) is 3.28. The van der Waals surface area contributed by atoms with Crippen molar-refractivity contribution in [1.29, 1.82) is 0 Å². The van der Waals surface area contributed by atoms with E-state index in [0.29, 0.717) is 29.2 Å². The largest absolute Gasteiger partial charge is 0.443 e. The highest BCUT2D eigenvalue weighted by Gasteiger charge is 2.34. The molecule has 0 radical (unpaired) electrons. The molecular weight excluding hydrogens is 189 g/mol. The molecule has 0 aliphatic carbocycles. The van der Waals surface area contributed by atoms with Crippen LogP contribution in [0.4, 0.5) is 13.2 Å². The van der Waals surface area contributed by atoms with Gasteiger partial charge in [0.1, 0.15) is 0 Å². The van der Waals surface area contributed by atoms with Crippen molar-refractivity contribution in [3.8, 4) is 0 Å². The lowest BCUT2D eigenvalue weighted by atomic mass is 10.4. The van der Waals surface area contributed by atoms with Crippen molar-refractivity contribution in [2.75, 3.05) is 6.54 Å². The van der Waals surface area contributed by atoms with E-state index in [1.807, 2.05) is 0 Å². The van der Waals surface area contributed by atoms with Crippen LogP contribution in [0.25, 0.3) is 0 Å². The van der Waals surface area contributed by atoms with E-state index in [0.717, 1.165) is 0 Å². The van der Waals surface area contributed by atoms with Crippen LogP contribution >= 0.6 is 11.3 Å². The molecule has 0 bridgehead atoms. The number of nitrogens with zero attached hydrogens (tertiary/aromatic N) is 1. The molecule has 12 heavy (non-hydrogen) atoms. The first-order valence-electron chi connectivity index (χ1n) is 3.26. The topological polar surface area (TPSA) is 38.9 Å². The maximum atomic E-state index is 12.0. The molecule has 0 aliphatic heterocycles. The van der Waals surface area contributed by atoms with E-state index in [-0.39, 0.29) is 0 Å². The van der Waals surface area contributed by atoms with Gasteiger partial charge in [0, 0.05) is 11.1 Å². The van der Waals surface area contributed by atoms with E-state index in [1.165, 1.54) is 6.20 Å². The van der Waals surface area contributed by atoms with Crippen molar-refractivity contribution in [3.63, 3.8) is 0 Å². The summed E-state index contributed by atoms with van der Waals surface area (Å²) in [6, 6.07) is 0. The standard InChI is InChI=1S/C6H7F3N2S/c7-6(8,9)5-11-3-4(12-5)1-2-10/h3H,1-2,10H2. The Morgan fingerprint density at radius 3 is 2.58 bits per heavy atom. The fourth-order valence-electron chi connectivity index (χ4n) is 0.696. The third kappa shape index (κ3) is 2.18. The van der Waals surface area contributed by atoms with Crippen molar-refractivity contribution in [2.45, 2.75) is 12.6 Å². The summed E-state index contributed by atoms with van der Waals surface area (Å²) in [5.41, 5.74) is 5.18. The fourth-order valence-corrected chi connectivity index (χ4v) is 1.49. The van der Waals surface area contributed by atoms with Gasteiger partial charge >= 0.3 is 6.18 Å². The first-order valence-corrected chi connectivity index (χ1v) is 4.07. The average molecular weight is 196 g/mol. The molecule has 1 aromatic rings. The Morgan fingerprint density at radius 2 is 2.17 bits per heavy atom. The van der Waals surface area contributed by atoms with Crippen LogP contribution in [0.2, 0.25) is 0 Å². The molecule has 0 saturated carbocycles. The lowest BCUT2D eigenvalue weighted by Crippen LogP contribution is -2.03. The summed E-state index contributed by atoms with van der Waals surface area (Å²) in [5.74, 6) is 0. The maximum absolute atomic E-state index is 12.0. The number of hydrogen-bond donors (Lipinski definition) is 1. The molecule has 1 aromatic heterocycles. The summed E-state index contributed by atoms with van der Waals surface area (Å²) in [6.45, 7) is 0.347. The normalized spacial score (nSPS) is 12.0. The number of hydrogen-bond acceptors (Lipinski definition) is 3. The van der Waals surface area contributed by atoms with Crippen molar-refractivity contribution in [1.82, 2.24) is 4.98 Å². The summed E-state index contributed by atoms with van der Waals surface area (Å²) in [5, 5.41) is -0.800. The molecule has 0 aromatic carbocycles. The smallest absolute Gasteiger partial charge is 0.330 e. The minimum absolute atomic E-state index is 0.347. The van der Waals surface area contributed by atoms with Crippen molar-refractivity contribution in [2.24, 2.45) is 5.73 Å². The Labute approximate surface area is 71.2 Å². The number of halogens is 3. The Morgan fingerprint density at radius 1 is 1.50 bits per heavy atom. The molecule has 1 heterocycles. The zero-order chi connectivity index (χ0) is 9.19. The quantitative estimate of drug-likeness (QED) is 0.781. The lowest BCUT2D eigenvalue weighted by molar-refractivity contribution is -0.137. The zero-order valence-electron chi connectivity index (χ0n) is 6.06. The molecule has 68 valence electrons. The van der Waals surface area contributed by atoms with Gasteiger partial charge in [-0.25, -0.2) is 4.98 Å². The van der Waals surface area contributed by atoms with Gasteiger partial charge in [-0.15, -0.1) is 11.3 Å². The van der Waals surface area contributed by atoms with Crippen LogP contribution < -0.4 is 5.73 Å². The highest BCUT2D eigenvalue weighted by atomic mass is 32.1. The third-order valence-corrected chi connectivity index (χ3v) is 2.29. The fraction of sp³-hybridized carbons (Fsp3) is 0.500. The number of rotatable bonds is 2. The second-order valence-electron chi connectivity index (χ2n) is 2.17. The zero-order valence-corrected chi connectivity index (χ0v) is 6.87. The van der Waals surface area contributed by atoms with Gasteiger partial charge in [-0.2, -0.15) is 13.2 Å². The van der Waals surface area contributed by atoms with E-state index in [4.69, 9.17) is 5.73 Å². The van der Waals surface area contributed by atoms with Gasteiger partial charge in [0.15, 0.2) is 5.01 Å². The van der Waals surface area contributed by atoms with Crippen LogP contribution in [0, 0.1) is 0 Å². The summed E-state index contributed by atoms with van der Waals surface area (Å²) in [6.07, 6.45) is -2.65. The Bertz CT molecular complexity index is 256. The minimum Gasteiger partial charge on any atom is -0.330 e. The predicted octanol–water partition coefficient (Wildman–Crippen LogP) is 1.66. The first kappa shape index (κ1) is 9.47. The van der Waals surface area contributed by atoms with Gasteiger partial charge in [0.25, 0.3) is 0 Å². The first-order chi connectivity index (χ1) is 5.54. The summed E-state index contributed by atoms with van der Waals surface area (Å²) < 4.78 is 35.9. The molecular formula is C6H7F3N2S. The molecule has 0 unspecified atom stereocenters. The van der Waals surface area contributed by atoms with Crippen molar-refractivity contribution >= 4 is 11.3 Å². The Hall–Kier alpha value is -0.620. The van der Waals surface area contributed by atoms with Gasteiger partial charge in [-0.3, -0.25) is 0 Å². The predicted molar refractivity (Wildman–Crippen MR) is 39.9 cm³/mol. The summed E-state index contributed by atoms with van der Waals surface area (Å²) >= 11 is 0.648. The van der Waals surface area contributed by atoms with Crippen molar-refractivity contribution in [3.05, 3.63) is 16.1 Å². The molecule has 0 atom stereocenters. The molecule has 0 fully saturated rings. The summed E-state index contributed by atoms with van der Waals surface area (Å²) in [4.78, 5) is 3.82. The molecule has 0 spiro atoms. The van der Waals surface area contributed by atoms with Gasteiger partial charge in [-0.1, -0.05) is 0 Å². The van der Waals surface area contributed by atoms with E-state index < -0.39 is 11.2 Å². The molecule has 0 aliphatic rings. The maximum Gasteiger partial charge on any atom is 0.443 e.